The molecule has 0 unspecified atom stereocenters. The number of aromatic hydroxyl groups is 4. The first-order valence-electron chi connectivity index (χ1n) is 30.3. The van der Waals surface area contributed by atoms with Crippen LogP contribution in [0.2, 0.25) is 0 Å². The fourth-order valence-corrected chi connectivity index (χ4v) is 14.2. The predicted molar refractivity (Wildman–Crippen MR) is 375 cm³/mol. The van der Waals surface area contributed by atoms with E-state index in [1.54, 1.807) is 0 Å². The molecule has 19 rings (SSSR count). The standard InChI is InChI=1S/C80H46N8O4/c89-77-49-13-5-17-53(77)61-29-25-41-21-22-42-26-30-62(86-74(42)73(41)85-61)54-18-6-14-50(78(54)90)58-34-38-66(82-58)71(65-37-33-57(49)81-65)69-45-9-1-2-10-46(45)70(48-12-4-3-11-47(48)69)72-67-39-35-59(83-67)51-15-7-19-55(79(51)91)63-31-27-43-23-24-44-28-32-64(88-76(44)75(43)87-63)56-20-8-16-52(80(56)92)60-36-40-68(72)84-60/h1-40,81,83,89-92H. The van der Waals surface area contributed by atoms with Gasteiger partial charge in [0.25, 0.3) is 0 Å². The molecule has 17 aromatic rings. The number of hydrogen-bond acceptors (Lipinski definition) is 10. The molecule has 0 saturated heterocycles. The second kappa shape index (κ2) is 19.3. The summed E-state index contributed by atoms with van der Waals surface area (Å²) in [6, 6.07) is 71.4. The zero-order valence-electron chi connectivity index (χ0n) is 48.6. The van der Waals surface area contributed by atoms with Crippen molar-refractivity contribution in [2.24, 2.45) is 0 Å². The number of fused-ring (bicyclic) bond motifs is 30. The lowest BCUT2D eigenvalue weighted by atomic mass is 9.85. The van der Waals surface area contributed by atoms with Crippen molar-refractivity contribution in [3.05, 3.63) is 241 Å². The molecule has 92 heavy (non-hydrogen) atoms. The summed E-state index contributed by atoms with van der Waals surface area (Å²) >= 11 is 0. The summed E-state index contributed by atoms with van der Waals surface area (Å²) in [7, 11) is 0. The van der Waals surface area contributed by atoms with Crippen LogP contribution in [0.15, 0.2) is 218 Å². The fraction of sp³-hybridized carbons (Fsp3) is 0. The summed E-state index contributed by atoms with van der Waals surface area (Å²) in [4.78, 5) is 39.3. The summed E-state index contributed by atoms with van der Waals surface area (Å²) in [5.74, 6) is 0.212. The molecule has 0 atom stereocenters. The number of pyridine rings is 4. The number of phenols is 4. The number of H-pyrrole nitrogens is 2. The van der Waals surface area contributed by atoms with E-state index in [9.17, 15) is 20.4 Å². The Morgan fingerprint density at radius 3 is 0.804 bits per heavy atom. The Morgan fingerprint density at radius 2 is 0.467 bits per heavy atom. The van der Waals surface area contributed by atoms with Crippen LogP contribution in [0.1, 0.15) is 22.8 Å². The van der Waals surface area contributed by atoms with Gasteiger partial charge in [-0.3, -0.25) is 0 Å². The first-order valence-corrected chi connectivity index (χ1v) is 30.3. The molecule has 0 fully saturated rings. The Labute approximate surface area is 520 Å². The number of aromatic amines is 2. The van der Waals surface area contributed by atoms with Crippen LogP contribution in [0.5, 0.6) is 23.0 Å². The van der Waals surface area contributed by atoms with Crippen molar-refractivity contribution in [2.75, 3.05) is 0 Å². The third-order valence-electron chi connectivity index (χ3n) is 18.6. The number of aromatic nitrogens is 8. The van der Waals surface area contributed by atoms with Gasteiger partial charge in [-0.25, -0.2) is 29.9 Å². The summed E-state index contributed by atoms with van der Waals surface area (Å²) in [5, 5.41) is 61.4. The van der Waals surface area contributed by atoms with Crippen LogP contribution < -0.4 is 0 Å². The Balaban J connectivity index is 0.940. The molecule has 12 nitrogen and oxygen atoms in total. The van der Waals surface area contributed by atoms with E-state index in [2.05, 4.69) is 34.2 Å². The second-order valence-corrected chi connectivity index (χ2v) is 23.6. The number of phenolic OH excluding ortho intramolecular Hbond substituents is 4. The van der Waals surface area contributed by atoms with E-state index >= 15 is 0 Å². The maximum Gasteiger partial charge on any atom is 0.134 e. The molecule has 0 spiro atoms. The first-order chi connectivity index (χ1) is 45.2. The summed E-state index contributed by atoms with van der Waals surface area (Å²) in [5.41, 5.74) is 13.5. The molecule has 2 aliphatic heterocycles. The largest absolute Gasteiger partial charge is 0.507 e. The lowest BCUT2D eigenvalue weighted by Gasteiger charge is -2.19. The average molecular weight is 1180 g/mol. The minimum atomic E-state index is 0.0414. The van der Waals surface area contributed by atoms with Crippen LogP contribution in [-0.4, -0.2) is 60.3 Å². The van der Waals surface area contributed by atoms with E-state index in [1.165, 1.54) is 0 Å². The van der Waals surface area contributed by atoms with E-state index in [0.717, 1.165) is 76.4 Å². The number of hydrogen-bond donors (Lipinski definition) is 6. The SMILES string of the molecule is Oc1c2cccc1c1ccc3ccc4ccc(nc4c3n1)c1cccc(c1O)c1ccc([nH]1)c(-c1c3ccccc3c(-c3c4nc(c5cccc(c5O)c5ccc6ccc7ccc(nc7c6n5)c5cccc(c5O)c5ccc3[nH]5)C=C4)c3ccccc13)c1nc2C=C1. The van der Waals surface area contributed by atoms with Crippen LogP contribution in [-0.2, 0) is 0 Å². The van der Waals surface area contributed by atoms with Gasteiger partial charge in [-0.2, -0.15) is 0 Å². The average Bonchev–Trinajstić information content (AvgIpc) is 1.17. The van der Waals surface area contributed by atoms with Gasteiger partial charge >= 0.3 is 0 Å². The zero-order valence-corrected chi connectivity index (χ0v) is 48.6. The highest BCUT2D eigenvalue weighted by Crippen LogP contribution is 2.49. The van der Waals surface area contributed by atoms with Gasteiger partial charge in [-0.05, 0) is 143 Å². The topological polar surface area (TPSA) is 190 Å². The van der Waals surface area contributed by atoms with E-state index in [4.69, 9.17) is 29.9 Å². The van der Waals surface area contributed by atoms with Crippen molar-refractivity contribution < 1.29 is 20.4 Å². The third-order valence-corrected chi connectivity index (χ3v) is 18.6. The highest BCUT2D eigenvalue weighted by atomic mass is 16.3. The van der Waals surface area contributed by atoms with E-state index in [-0.39, 0.29) is 23.0 Å². The first kappa shape index (κ1) is 51.3. The Morgan fingerprint density at radius 1 is 0.207 bits per heavy atom. The molecule has 9 aromatic carbocycles. The van der Waals surface area contributed by atoms with Crippen LogP contribution >= 0.6 is 0 Å². The molecule has 12 heteroatoms. The molecular weight excluding hydrogens is 1140 g/mol. The Bertz CT molecular complexity index is 6130. The van der Waals surface area contributed by atoms with Gasteiger partial charge < -0.3 is 30.4 Å². The van der Waals surface area contributed by atoms with Crippen molar-refractivity contribution in [2.45, 2.75) is 0 Å². The molecule has 24 bridgehead atoms. The normalized spacial score (nSPS) is 12.4. The van der Waals surface area contributed by atoms with Crippen molar-refractivity contribution in [1.29, 1.82) is 0 Å². The van der Waals surface area contributed by atoms with Gasteiger partial charge in [0.05, 0.1) is 66.9 Å². The van der Waals surface area contributed by atoms with Crippen LogP contribution in [0.25, 0.3) is 199 Å². The minimum absolute atomic E-state index is 0.0414. The molecule has 0 saturated carbocycles. The van der Waals surface area contributed by atoms with Crippen molar-refractivity contribution in [3.8, 4) is 45.3 Å². The third kappa shape index (κ3) is 7.58. The lowest BCUT2D eigenvalue weighted by Crippen LogP contribution is -1.95. The van der Waals surface area contributed by atoms with Gasteiger partial charge in [0.2, 0.25) is 0 Å². The van der Waals surface area contributed by atoms with Crippen LogP contribution in [0.4, 0.5) is 0 Å². The fourth-order valence-electron chi connectivity index (χ4n) is 14.2. The molecule has 0 radical (unpaired) electrons. The molecule has 0 aliphatic carbocycles. The van der Waals surface area contributed by atoms with Gasteiger partial charge in [-0.1, -0.05) is 121 Å². The molecular formula is C80H46N8O4. The summed E-state index contributed by atoms with van der Waals surface area (Å²) in [6.45, 7) is 0. The molecule has 430 valence electrons. The van der Waals surface area contributed by atoms with Gasteiger partial charge in [-0.15, -0.1) is 0 Å². The van der Waals surface area contributed by atoms with Crippen molar-refractivity contribution in [3.63, 3.8) is 0 Å². The maximum atomic E-state index is 12.5. The van der Waals surface area contributed by atoms with Gasteiger partial charge in [0.15, 0.2) is 0 Å². The minimum Gasteiger partial charge on any atom is -0.507 e. The predicted octanol–water partition coefficient (Wildman–Crippen LogP) is 19.4. The van der Waals surface area contributed by atoms with E-state index in [0.29, 0.717) is 121 Å². The summed E-state index contributed by atoms with van der Waals surface area (Å²) < 4.78 is 0. The monoisotopic (exact) mass is 1180 g/mol. The molecule has 6 N–H and O–H groups in total. The van der Waals surface area contributed by atoms with Crippen LogP contribution in [0, 0.1) is 0 Å². The Hall–Kier alpha value is -12.8. The van der Waals surface area contributed by atoms with Crippen molar-refractivity contribution >= 4 is 177 Å². The quantitative estimate of drug-likeness (QED) is 0.0718. The van der Waals surface area contributed by atoms with E-state index in [1.807, 2.05) is 218 Å². The molecule has 0 amide bonds. The van der Waals surface area contributed by atoms with Crippen LogP contribution in [0.3, 0.4) is 0 Å². The number of rotatable bonds is 2. The smallest absolute Gasteiger partial charge is 0.134 e. The summed E-state index contributed by atoms with van der Waals surface area (Å²) in [6.07, 6.45) is 7.90. The van der Waals surface area contributed by atoms with Gasteiger partial charge in [0, 0.05) is 109 Å². The van der Waals surface area contributed by atoms with Crippen molar-refractivity contribution in [1.82, 2.24) is 39.9 Å². The highest BCUT2D eigenvalue weighted by molar-refractivity contribution is 6.25. The zero-order chi connectivity index (χ0) is 61.0. The van der Waals surface area contributed by atoms with Gasteiger partial charge in [0.1, 0.15) is 23.0 Å². The lowest BCUT2D eigenvalue weighted by molar-refractivity contribution is 0.486. The second-order valence-electron chi connectivity index (χ2n) is 23.6. The molecule has 8 aromatic heterocycles. The number of benzene rings is 9. The number of nitrogens with zero attached hydrogens (tertiary/aromatic N) is 6. The van der Waals surface area contributed by atoms with E-state index < -0.39 is 0 Å². The Kier molecular flexibility index (Phi) is 10.8. The number of nitrogens with one attached hydrogen (secondary N) is 2. The maximum absolute atomic E-state index is 12.5. The molecule has 10 heterocycles. The number of para-hydroxylation sites is 4. The molecule has 2 aliphatic rings. The highest BCUT2D eigenvalue weighted by Gasteiger charge is 2.25.